The highest BCUT2D eigenvalue weighted by atomic mass is 32.2. The third-order valence-corrected chi connectivity index (χ3v) is 6.46. The molecule has 1 saturated heterocycles. The molecule has 1 aromatic rings. The van der Waals surface area contributed by atoms with E-state index in [1.807, 2.05) is 0 Å². The highest BCUT2D eigenvalue weighted by Crippen LogP contribution is 2.52. The van der Waals surface area contributed by atoms with Crippen molar-refractivity contribution >= 4 is 10.0 Å². The summed E-state index contributed by atoms with van der Waals surface area (Å²) in [5.74, 6) is 6.15. The number of rotatable bonds is 2. The normalized spacial score (nSPS) is 27.1. The van der Waals surface area contributed by atoms with Crippen LogP contribution in [0, 0.1) is 42.3 Å². The van der Waals surface area contributed by atoms with Crippen LogP contribution in [0.4, 0.5) is 4.39 Å². The Labute approximate surface area is 130 Å². The molecule has 1 aliphatic heterocycles. The molecule has 3 atom stereocenters. The third-order valence-electron chi connectivity index (χ3n) is 4.65. The predicted octanol–water partition coefficient (Wildman–Crippen LogP) is 1.72. The number of nitrogens with zero attached hydrogens (tertiary/aromatic N) is 1. The number of phenolic OH excluding ortho intramolecular Hbond substituents is 1. The second-order valence-electron chi connectivity index (χ2n) is 5.91. The second-order valence-corrected chi connectivity index (χ2v) is 8.17. The summed E-state index contributed by atoms with van der Waals surface area (Å²) in [6.07, 6.45) is 0. The van der Waals surface area contributed by atoms with Crippen LogP contribution in [-0.4, -0.2) is 36.7 Å². The molecule has 0 amide bonds. The molecule has 2 aliphatic rings. The van der Waals surface area contributed by atoms with Crippen molar-refractivity contribution in [2.24, 2.45) is 17.8 Å². The van der Waals surface area contributed by atoms with E-state index in [-0.39, 0.29) is 40.4 Å². The molecular formula is C16H18FNO3S. The SMILES string of the molecule is CCS(=O)(=O)N1C[C@@H]2C(C#Cc3ccc(O)c(C)c3F)[C@@H]2C1. The van der Waals surface area contributed by atoms with Crippen molar-refractivity contribution in [3.8, 4) is 17.6 Å². The minimum absolute atomic E-state index is 0.0771. The average Bonchev–Trinajstić information content (AvgIpc) is 2.94. The molecule has 1 aromatic carbocycles. The number of piperidine rings is 1. The molecule has 118 valence electrons. The predicted molar refractivity (Wildman–Crippen MR) is 81.2 cm³/mol. The third kappa shape index (κ3) is 2.49. The van der Waals surface area contributed by atoms with E-state index in [0.717, 1.165) is 0 Å². The molecule has 1 saturated carbocycles. The Bertz CT molecular complexity index is 767. The van der Waals surface area contributed by atoms with E-state index in [4.69, 9.17) is 0 Å². The van der Waals surface area contributed by atoms with Gasteiger partial charge in [-0.3, -0.25) is 0 Å². The number of benzene rings is 1. The maximum absolute atomic E-state index is 13.9. The van der Waals surface area contributed by atoms with Gasteiger partial charge in [0.25, 0.3) is 0 Å². The summed E-state index contributed by atoms with van der Waals surface area (Å²) in [6, 6.07) is 2.91. The molecule has 0 bridgehead atoms. The van der Waals surface area contributed by atoms with Crippen LogP contribution >= 0.6 is 0 Å². The first kappa shape index (κ1) is 15.3. The van der Waals surface area contributed by atoms with Crippen LogP contribution in [0.15, 0.2) is 12.1 Å². The van der Waals surface area contributed by atoms with Crippen molar-refractivity contribution in [2.45, 2.75) is 13.8 Å². The van der Waals surface area contributed by atoms with E-state index in [1.165, 1.54) is 23.4 Å². The Kier molecular flexibility index (Phi) is 3.66. The van der Waals surface area contributed by atoms with Crippen LogP contribution < -0.4 is 0 Å². The van der Waals surface area contributed by atoms with Gasteiger partial charge in [0, 0.05) is 24.6 Å². The lowest BCUT2D eigenvalue weighted by Crippen LogP contribution is -2.32. The van der Waals surface area contributed by atoms with Gasteiger partial charge in [-0.05, 0) is 37.8 Å². The lowest BCUT2D eigenvalue weighted by molar-refractivity contribution is 0.431. The van der Waals surface area contributed by atoms with Crippen molar-refractivity contribution in [3.05, 3.63) is 29.1 Å². The van der Waals surface area contributed by atoms with Gasteiger partial charge in [-0.25, -0.2) is 17.1 Å². The molecule has 0 aromatic heterocycles. The molecule has 22 heavy (non-hydrogen) atoms. The van der Waals surface area contributed by atoms with E-state index in [0.29, 0.717) is 13.1 Å². The van der Waals surface area contributed by atoms with Crippen LogP contribution in [0.25, 0.3) is 0 Å². The van der Waals surface area contributed by atoms with E-state index < -0.39 is 15.8 Å². The summed E-state index contributed by atoms with van der Waals surface area (Å²) in [7, 11) is -3.11. The van der Waals surface area contributed by atoms with E-state index in [1.54, 1.807) is 6.92 Å². The fraction of sp³-hybridized carbons (Fsp3) is 0.500. The molecule has 2 fully saturated rings. The molecule has 3 rings (SSSR count). The molecule has 6 heteroatoms. The molecule has 1 aliphatic carbocycles. The van der Waals surface area contributed by atoms with Crippen LogP contribution in [0.5, 0.6) is 5.75 Å². The standard InChI is InChI=1S/C16H18FNO3S/c1-3-22(20,21)18-8-13-12(14(13)9-18)6-4-11-5-7-15(19)10(2)16(11)17/h5,7,12-14,19H,3,8-9H2,1-2H3/t12?,13-,14+. The number of hydrogen-bond acceptors (Lipinski definition) is 3. The number of hydrogen-bond donors (Lipinski definition) is 1. The maximum atomic E-state index is 13.9. The summed E-state index contributed by atoms with van der Waals surface area (Å²) < 4.78 is 39.0. The Morgan fingerprint density at radius 3 is 2.59 bits per heavy atom. The van der Waals surface area contributed by atoms with Crippen molar-refractivity contribution in [1.29, 1.82) is 0 Å². The van der Waals surface area contributed by atoms with E-state index in [2.05, 4.69) is 11.8 Å². The highest BCUT2D eigenvalue weighted by Gasteiger charge is 2.57. The molecule has 4 nitrogen and oxygen atoms in total. The largest absolute Gasteiger partial charge is 0.508 e. The number of aromatic hydroxyl groups is 1. The zero-order chi connectivity index (χ0) is 16.1. The summed E-state index contributed by atoms with van der Waals surface area (Å²) in [5, 5.41) is 9.42. The van der Waals surface area contributed by atoms with Crippen LogP contribution in [0.1, 0.15) is 18.1 Å². The number of fused-ring (bicyclic) bond motifs is 1. The van der Waals surface area contributed by atoms with Crippen LogP contribution in [-0.2, 0) is 10.0 Å². The van der Waals surface area contributed by atoms with Crippen LogP contribution in [0.2, 0.25) is 0 Å². The highest BCUT2D eigenvalue weighted by molar-refractivity contribution is 7.89. The van der Waals surface area contributed by atoms with E-state index in [9.17, 15) is 17.9 Å². The molecule has 0 spiro atoms. The fourth-order valence-electron chi connectivity index (χ4n) is 3.04. The Balaban J connectivity index is 1.69. The summed E-state index contributed by atoms with van der Waals surface area (Å²) in [6.45, 7) is 4.20. The van der Waals surface area contributed by atoms with Gasteiger partial charge >= 0.3 is 0 Å². The fourth-order valence-corrected chi connectivity index (χ4v) is 4.21. The van der Waals surface area contributed by atoms with Crippen molar-refractivity contribution in [1.82, 2.24) is 4.31 Å². The van der Waals surface area contributed by atoms with Crippen molar-refractivity contribution in [2.75, 3.05) is 18.8 Å². The Morgan fingerprint density at radius 1 is 1.36 bits per heavy atom. The minimum Gasteiger partial charge on any atom is -0.508 e. The summed E-state index contributed by atoms with van der Waals surface area (Å²) in [5.41, 5.74) is 0.473. The smallest absolute Gasteiger partial charge is 0.213 e. The lowest BCUT2D eigenvalue weighted by Gasteiger charge is -2.17. The summed E-state index contributed by atoms with van der Waals surface area (Å²) in [4.78, 5) is 0. The topological polar surface area (TPSA) is 57.6 Å². The van der Waals surface area contributed by atoms with Gasteiger partial charge in [0.1, 0.15) is 11.6 Å². The Morgan fingerprint density at radius 2 is 2.00 bits per heavy atom. The molecule has 1 heterocycles. The Hall–Kier alpha value is -1.58. The zero-order valence-electron chi connectivity index (χ0n) is 12.5. The second kappa shape index (κ2) is 5.25. The zero-order valence-corrected chi connectivity index (χ0v) is 13.3. The number of halogens is 1. The summed E-state index contributed by atoms with van der Waals surface area (Å²) >= 11 is 0. The van der Waals surface area contributed by atoms with Gasteiger partial charge in [0.15, 0.2) is 0 Å². The van der Waals surface area contributed by atoms with Gasteiger partial charge in [-0.1, -0.05) is 11.8 Å². The van der Waals surface area contributed by atoms with Crippen molar-refractivity contribution in [3.63, 3.8) is 0 Å². The lowest BCUT2D eigenvalue weighted by atomic mass is 10.1. The number of sulfonamides is 1. The van der Waals surface area contributed by atoms with Gasteiger partial charge < -0.3 is 5.11 Å². The molecule has 1 unspecified atom stereocenters. The first-order valence-corrected chi connectivity index (χ1v) is 8.93. The van der Waals surface area contributed by atoms with Gasteiger partial charge in [-0.15, -0.1) is 0 Å². The van der Waals surface area contributed by atoms with Gasteiger partial charge in [0.2, 0.25) is 10.0 Å². The maximum Gasteiger partial charge on any atom is 0.213 e. The van der Waals surface area contributed by atoms with Crippen molar-refractivity contribution < 1.29 is 17.9 Å². The van der Waals surface area contributed by atoms with Gasteiger partial charge in [-0.2, -0.15) is 0 Å². The first-order chi connectivity index (χ1) is 10.3. The minimum atomic E-state index is -3.11. The average molecular weight is 323 g/mol. The van der Waals surface area contributed by atoms with Gasteiger partial charge in [0.05, 0.1) is 11.3 Å². The molecular weight excluding hydrogens is 305 g/mol. The monoisotopic (exact) mass is 323 g/mol. The number of phenols is 1. The quantitative estimate of drug-likeness (QED) is 0.843. The first-order valence-electron chi connectivity index (χ1n) is 7.32. The molecule has 0 radical (unpaired) electrons. The van der Waals surface area contributed by atoms with Crippen LogP contribution in [0.3, 0.4) is 0 Å². The van der Waals surface area contributed by atoms with E-state index >= 15 is 0 Å². The molecule has 1 N–H and O–H groups in total.